The van der Waals surface area contributed by atoms with E-state index in [1.54, 1.807) is 6.07 Å². The molecule has 26 heavy (non-hydrogen) atoms. The maximum absolute atomic E-state index is 12.4. The fourth-order valence-electron chi connectivity index (χ4n) is 3.18. The van der Waals surface area contributed by atoms with Crippen LogP contribution in [0.4, 0.5) is 0 Å². The predicted molar refractivity (Wildman–Crippen MR) is 95.9 cm³/mol. The van der Waals surface area contributed by atoms with Crippen molar-refractivity contribution in [1.29, 1.82) is 0 Å². The normalized spacial score (nSPS) is 19.4. The van der Waals surface area contributed by atoms with Gasteiger partial charge >= 0.3 is 5.97 Å². The minimum absolute atomic E-state index is 0.144. The average Bonchev–Trinajstić information content (AvgIpc) is 2.66. The van der Waals surface area contributed by atoms with Crippen LogP contribution in [0.2, 0.25) is 0 Å². The molecule has 1 aliphatic carbocycles. The third-order valence-corrected chi connectivity index (χ3v) is 4.72. The number of benzene rings is 1. The van der Waals surface area contributed by atoms with Crippen molar-refractivity contribution in [3.05, 3.63) is 17.7 Å². The van der Waals surface area contributed by atoms with E-state index in [9.17, 15) is 9.59 Å². The van der Waals surface area contributed by atoms with Crippen molar-refractivity contribution in [2.24, 2.45) is 5.92 Å². The molecule has 144 valence electrons. The van der Waals surface area contributed by atoms with Crippen LogP contribution in [0.15, 0.2) is 12.1 Å². The number of nitrogens with one attached hydrogen (secondary N) is 1. The number of rotatable bonds is 7. The fraction of sp³-hybridized carbons (Fsp3) is 0.579. The molecule has 1 amide bonds. The Kier molecular flexibility index (Phi) is 7.12. The van der Waals surface area contributed by atoms with E-state index in [0.717, 1.165) is 19.3 Å². The summed E-state index contributed by atoms with van der Waals surface area (Å²) in [5.41, 5.74) is 0.170. The second-order valence-corrected chi connectivity index (χ2v) is 6.42. The van der Waals surface area contributed by atoms with Crippen LogP contribution in [0.3, 0.4) is 0 Å². The van der Waals surface area contributed by atoms with Gasteiger partial charge in [-0.05, 0) is 18.8 Å². The Morgan fingerprint density at radius 2 is 1.62 bits per heavy atom. The molecule has 7 nitrogen and oxygen atoms in total. The van der Waals surface area contributed by atoms with Crippen LogP contribution in [0.25, 0.3) is 0 Å². The van der Waals surface area contributed by atoms with E-state index in [0.29, 0.717) is 17.4 Å². The third kappa shape index (κ3) is 4.80. The second kappa shape index (κ2) is 9.31. The Balaban J connectivity index is 1.99. The van der Waals surface area contributed by atoms with Crippen LogP contribution in [-0.4, -0.2) is 45.9 Å². The minimum Gasteiger partial charge on any atom is -0.496 e. The summed E-state index contributed by atoms with van der Waals surface area (Å²) in [6.07, 6.45) is 4.37. The lowest BCUT2D eigenvalue weighted by atomic mass is 9.86. The van der Waals surface area contributed by atoms with Crippen LogP contribution in [0.1, 0.15) is 43.0 Å². The van der Waals surface area contributed by atoms with Gasteiger partial charge in [-0.1, -0.05) is 19.8 Å². The van der Waals surface area contributed by atoms with Crippen molar-refractivity contribution in [1.82, 2.24) is 5.32 Å². The average molecular weight is 365 g/mol. The monoisotopic (exact) mass is 365 g/mol. The van der Waals surface area contributed by atoms with Gasteiger partial charge in [-0.2, -0.15) is 0 Å². The van der Waals surface area contributed by atoms with E-state index >= 15 is 0 Å². The molecule has 7 heteroatoms. The highest BCUT2D eigenvalue weighted by Gasteiger charge is 2.24. The zero-order chi connectivity index (χ0) is 19.1. The van der Waals surface area contributed by atoms with Gasteiger partial charge in [0.05, 0.1) is 21.3 Å². The number of amides is 1. The first-order valence-electron chi connectivity index (χ1n) is 8.76. The van der Waals surface area contributed by atoms with Gasteiger partial charge in [0, 0.05) is 18.2 Å². The first-order valence-corrected chi connectivity index (χ1v) is 8.76. The quantitative estimate of drug-likeness (QED) is 0.748. The Morgan fingerprint density at radius 1 is 1.00 bits per heavy atom. The maximum atomic E-state index is 12.4. The van der Waals surface area contributed by atoms with E-state index in [4.69, 9.17) is 18.9 Å². The molecule has 1 aliphatic rings. The van der Waals surface area contributed by atoms with Crippen LogP contribution < -0.4 is 19.5 Å². The summed E-state index contributed by atoms with van der Waals surface area (Å²) in [6, 6.07) is 3.16. The standard InChI is InChI=1S/C19H27NO6/c1-12-7-5-6-8-14(12)20-18(21)11-26-19(22)13-9-16(24-3)17(25-4)10-15(13)23-2/h9-10,12,14H,5-8,11H2,1-4H3,(H,20,21)/t12-,14-/m1/s1. The topological polar surface area (TPSA) is 83.1 Å². The Morgan fingerprint density at radius 3 is 2.23 bits per heavy atom. The number of hydrogen-bond acceptors (Lipinski definition) is 6. The minimum atomic E-state index is -0.658. The van der Waals surface area contributed by atoms with Crippen molar-refractivity contribution in [2.45, 2.75) is 38.6 Å². The summed E-state index contributed by atoms with van der Waals surface area (Å²) in [5, 5.41) is 2.95. The Bertz CT molecular complexity index is 645. The second-order valence-electron chi connectivity index (χ2n) is 6.42. The van der Waals surface area contributed by atoms with Crippen LogP contribution in [-0.2, 0) is 9.53 Å². The molecule has 1 fully saturated rings. The number of methoxy groups -OCH3 is 3. The first-order chi connectivity index (χ1) is 12.5. The summed E-state index contributed by atoms with van der Waals surface area (Å²) in [4.78, 5) is 24.5. The molecule has 2 atom stereocenters. The molecule has 1 N–H and O–H groups in total. The molecular formula is C19H27NO6. The van der Waals surface area contributed by atoms with E-state index in [1.807, 2.05) is 0 Å². The van der Waals surface area contributed by atoms with Crippen molar-refractivity contribution in [3.8, 4) is 17.2 Å². The van der Waals surface area contributed by atoms with Gasteiger partial charge in [0.2, 0.25) is 0 Å². The SMILES string of the molecule is COc1cc(OC)c(C(=O)OCC(=O)N[C@@H]2CCCC[C@H]2C)cc1OC. The summed E-state index contributed by atoms with van der Waals surface area (Å²) in [6.45, 7) is 1.80. The summed E-state index contributed by atoms with van der Waals surface area (Å²) >= 11 is 0. The molecule has 1 saturated carbocycles. The first kappa shape index (κ1) is 19.9. The van der Waals surface area contributed by atoms with Gasteiger partial charge < -0.3 is 24.3 Å². The van der Waals surface area contributed by atoms with Gasteiger partial charge in [-0.15, -0.1) is 0 Å². The molecule has 0 heterocycles. The van der Waals surface area contributed by atoms with Gasteiger partial charge in [0.15, 0.2) is 18.1 Å². The highest BCUT2D eigenvalue weighted by Crippen LogP contribution is 2.34. The molecule has 0 spiro atoms. The molecule has 0 unspecified atom stereocenters. The highest BCUT2D eigenvalue weighted by atomic mass is 16.5. The molecule has 1 aromatic rings. The Labute approximate surface area is 153 Å². The van der Waals surface area contributed by atoms with Crippen molar-refractivity contribution < 1.29 is 28.5 Å². The molecule has 2 rings (SSSR count). The molecule has 1 aromatic carbocycles. The van der Waals surface area contributed by atoms with E-state index < -0.39 is 5.97 Å². The number of hydrogen-bond donors (Lipinski definition) is 1. The molecule has 0 radical (unpaired) electrons. The van der Waals surface area contributed by atoms with Crippen LogP contribution in [0.5, 0.6) is 17.2 Å². The van der Waals surface area contributed by atoms with Gasteiger partial charge in [0.25, 0.3) is 5.91 Å². The van der Waals surface area contributed by atoms with Crippen molar-refractivity contribution in [2.75, 3.05) is 27.9 Å². The zero-order valence-corrected chi connectivity index (χ0v) is 15.8. The van der Waals surface area contributed by atoms with E-state index in [1.165, 1.54) is 33.8 Å². The number of carbonyl (C=O) groups excluding carboxylic acids is 2. The highest BCUT2D eigenvalue weighted by molar-refractivity contribution is 5.95. The van der Waals surface area contributed by atoms with Gasteiger partial charge in [0.1, 0.15) is 11.3 Å². The number of esters is 1. The maximum Gasteiger partial charge on any atom is 0.342 e. The summed E-state index contributed by atoms with van der Waals surface area (Å²) < 4.78 is 20.8. The van der Waals surface area contributed by atoms with Gasteiger partial charge in [-0.3, -0.25) is 4.79 Å². The Hall–Kier alpha value is -2.44. The zero-order valence-electron chi connectivity index (χ0n) is 15.8. The molecule has 0 bridgehead atoms. The van der Waals surface area contributed by atoms with Crippen molar-refractivity contribution in [3.63, 3.8) is 0 Å². The molecule has 0 aliphatic heterocycles. The fourth-order valence-corrected chi connectivity index (χ4v) is 3.18. The number of ether oxygens (including phenoxy) is 4. The van der Waals surface area contributed by atoms with Crippen molar-refractivity contribution >= 4 is 11.9 Å². The van der Waals surface area contributed by atoms with E-state index in [-0.39, 0.29) is 29.9 Å². The summed E-state index contributed by atoms with van der Waals surface area (Å²) in [5.74, 6) is 0.583. The smallest absolute Gasteiger partial charge is 0.342 e. The molecular weight excluding hydrogens is 338 g/mol. The number of carbonyl (C=O) groups is 2. The lowest BCUT2D eigenvalue weighted by molar-refractivity contribution is -0.125. The van der Waals surface area contributed by atoms with Gasteiger partial charge in [-0.25, -0.2) is 4.79 Å². The predicted octanol–water partition coefficient (Wildman–Crippen LogP) is 2.56. The van der Waals surface area contributed by atoms with Crippen LogP contribution in [0, 0.1) is 5.92 Å². The molecule has 0 aromatic heterocycles. The molecule has 0 saturated heterocycles. The largest absolute Gasteiger partial charge is 0.496 e. The van der Waals surface area contributed by atoms with E-state index in [2.05, 4.69) is 12.2 Å². The lowest BCUT2D eigenvalue weighted by Gasteiger charge is -2.29. The van der Waals surface area contributed by atoms with Crippen LogP contribution >= 0.6 is 0 Å². The summed E-state index contributed by atoms with van der Waals surface area (Å²) in [7, 11) is 4.40. The lowest BCUT2D eigenvalue weighted by Crippen LogP contribution is -2.42. The third-order valence-electron chi connectivity index (χ3n) is 4.72.